The number of hydrogen-bond donors (Lipinski definition) is 1. The maximum Gasteiger partial charge on any atom is 0.287 e. The SMILES string of the molecule is CC(c1nnc(C2CCC2)o1)S(C)(=O)=O.NC(=O)c1cc(-c2ccccc2)no1.[HH]. The minimum absolute atomic E-state index is 0. The van der Waals surface area contributed by atoms with E-state index < -0.39 is 21.0 Å². The van der Waals surface area contributed by atoms with Crippen molar-refractivity contribution in [3.05, 3.63) is 53.9 Å². The summed E-state index contributed by atoms with van der Waals surface area (Å²) in [5.74, 6) is 0.604. The molecular weight excluding hydrogens is 396 g/mol. The van der Waals surface area contributed by atoms with Crippen molar-refractivity contribution >= 4 is 15.7 Å². The predicted molar refractivity (Wildman–Crippen MR) is 107 cm³/mol. The normalized spacial score (nSPS) is 15.1. The van der Waals surface area contributed by atoms with Gasteiger partial charge in [-0.2, -0.15) is 0 Å². The lowest BCUT2D eigenvalue weighted by molar-refractivity contribution is 0.0965. The highest BCUT2D eigenvalue weighted by atomic mass is 32.2. The van der Waals surface area contributed by atoms with E-state index >= 15 is 0 Å². The molecule has 156 valence electrons. The molecule has 0 spiro atoms. The van der Waals surface area contributed by atoms with Crippen LogP contribution in [-0.2, 0) is 9.84 Å². The van der Waals surface area contributed by atoms with Crippen LogP contribution in [0.1, 0.15) is 61.1 Å². The summed E-state index contributed by atoms with van der Waals surface area (Å²) in [4.78, 5) is 10.7. The van der Waals surface area contributed by atoms with Gasteiger partial charge in [-0.05, 0) is 19.8 Å². The number of amides is 1. The first kappa shape index (κ1) is 20.7. The van der Waals surface area contributed by atoms with Gasteiger partial charge in [-0.25, -0.2) is 8.42 Å². The average Bonchev–Trinajstić information content (AvgIpc) is 3.30. The molecule has 1 saturated carbocycles. The highest BCUT2D eigenvalue weighted by molar-refractivity contribution is 7.90. The second-order valence-corrected chi connectivity index (χ2v) is 9.25. The Balaban J connectivity index is 0.000000207. The lowest BCUT2D eigenvalue weighted by Crippen LogP contribution is -2.09. The maximum absolute atomic E-state index is 11.3. The van der Waals surface area contributed by atoms with Gasteiger partial charge in [0.15, 0.2) is 9.84 Å². The first-order chi connectivity index (χ1) is 13.8. The van der Waals surface area contributed by atoms with Gasteiger partial charge in [-0.1, -0.05) is 41.9 Å². The molecule has 0 radical (unpaired) electrons. The fraction of sp³-hybridized carbons (Fsp3) is 0.368. The zero-order chi connectivity index (χ0) is 21.0. The Morgan fingerprint density at radius 2 is 1.93 bits per heavy atom. The number of benzene rings is 1. The van der Waals surface area contributed by atoms with Crippen LogP contribution >= 0.6 is 0 Å². The summed E-state index contributed by atoms with van der Waals surface area (Å²) in [7, 11) is -3.15. The molecule has 1 fully saturated rings. The summed E-state index contributed by atoms with van der Waals surface area (Å²) < 4.78 is 32.7. The molecule has 1 aliphatic rings. The molecule has 10 heteroatoms. The van der Waals surface area contributed by atoms with Gasteiger partial charge >= 0.3 is 0 Å². The summed E-state index contributed by atoms with van der Waals surface area (Å²) >= 11 is 0. The number of sulfone groups is 1. The topological polar surface area (TPSA) is 142 Å². The van der Waals surface area contributed by atoms with Gasteiger partial charge in [0, 0.05) is 25.2 Å². The van der Waals surface area contributed by atoms with Gasteiger partial charge in [0.25, 0.3) is 5.91 Å². The van der Waals surface area contributed by atoms with Gasteiger partial charge in [0.05, 0.1) is 0 Å². The van der Waals surface area contributed by atoms with Crippen molar-refractivity contribution in [2.75, 3.05) is 6.26 Å². The van der Waals surface area contributed by atoms with E-state index in [9.17, 15) is 13.2 Å². The third-order valence-corrected chi connectivity index (χ3v) is 6.21. The van der Waals surface area contributed by atoms with Crippen molar-refractivity contribution in [3.63, 3.8) is 0 Å². The number of carbonyl (C=O) groups is 1. The van der Waals surface area contributed by atoms with Crippen molar-refractivity contribution in [1.29, 1.82) is 0 Å². The third kappa shape index (κ3) is 5.08. The second kappa shape index (κ2) is 8.56. The highest BCUT2D eigenvalue weighted by Gasteiger charge is 2.28. The van der Waals surface area contributed by atoms with Crippen LogP contribution in [-0.4, -0.2) is 35.9 Å². The Morgan fingerprint density at radius 3 is 2.45 bits per heavy atom. The monoisotopic (exact) mass is 420 g/mol. The quantitative estimate of drug-likeness (QED) is 0.663. The van der Waals surface area contributed by atoms with E-state index in [0.717, 1.165) is 18.4 Å². The minimum atomic E-state index is -3.15. The molecular formula is C19H24N4O5S. The van der Waals surface area contributed by atoms with Crippen molar-refractivity contribution in [3.8, 4) is 11.3 Å². The molecule has 1 atom stereocenters. The Morgan fingerprint density at radius 1 is 1.24 bits per heavy atom. The molecule has 29 heavy (non-hydrogen) atoms. The Bertz CT molecular complexity index is 1080. The minimum Gasteiger partial charge on any atom is -0.424 e. The Kier molecular flexibility index (Phi) is 6.12. The fourth-order valence-electron chi connectivity index (χ4n) is 2.55. The molecule has 0 bridgehead atoms. The zero-order valence-electron chi connectivity index (χ0n) is 16.1. The molecule has 0 saturated heterocycles. The number of nitrogens with zero attached hydrogens (tertiary/aromatic N) is 3. The van der Waals surface area contributed by atoms with Gasteiger partial charge in [-0.15, -0.1) is 10.2 Å². The number of carbonyl (C=O) groups excluding carboxylic acids is 1. The fourth-order valence-corrected chi connectivity index (χ4v) is 3.01. The maximum atomic E-state index is 11.3. The molecule has 4 rings (SSSR count). The smallest absolute Gasteiger partial charge is 0.287 e. The van der Waals surface area contributed by atoms with Crippen LogP contribution in [0.4, 0.5) is 0 Å². The Hall–Kier alpha value is -3.01. The molecule has 1 amide bonds. The molecule has 2 heterocycles. The van der Waals surface area contributed by atoms with Crippen LogP contribution in [0.5, 0.6) is 0 Å². The van der Waals surface area contributed by atoms with Crippen LogP contribution in [0.15, 0.2) is 45.3 Å². The summed E-state index contributed by atoms with van der Waals surface area (Å²) in [5.41, 5.74) is 6.54. The van der Waals surface area contributed by atoms with Crippen molar-refractivity contribution in [1.82, 2.24) is 15.4 Å². The molecule has 2 aromatic heterocycles. The van der Waals surface area contributed by atoms with E-state index in [-0.39, 0.29) is 13.1 Å². The van der Waals surface area contributed by atoms with Crippen LogP contribution in [0.2, 0.25) is 0 Å². The van der Waals surface area contributed by atoms with E-state index in [4.69, 9.17) is 14.7 Å². The average molecular weight is 420 g/mol. The first-order valence-electron chi connectivity index (χ1n) is 9.10. The Labute approximate surface area is 169 Å². The van der Waals surface area contributed by atoms with Gasteiger partial charge in [-0.3, -0.25) is 4.79 Å². The van der Waals surface area contributed by atoms with Gasteiger partial charge in [0.1, 0.15) is 10.9 Å². The van der Waals surface area contributed by atoms with E-state index in [2.05, 4.69) is 15.4 Å². The van der Waals surface area contributed by atoms with Crippen LogP contribution < -0.4 is 5.73 Å². The standard InChI is InChI=1S/C10H8N2O2.C9H14N2O3S.H2/c11-10(13)9-6-8(12-14-9)7-4-2-1-3-5-7;1-6(15(2,12)13)8-10-11-9(14-8)7-4-3-5-7;/h1-6H,(H2,11,13);6-7H,3-5H2,1-2H3;1H. The van der Waals surface area contributed by atoms with Gasteiger partial charge in [0.2, 0.25) is 17.5 Å². The molecule has 0 aliphatic heterocycles. The van der Waals surface area contributed by atoms with E-state index in [1.807, 2.05) is 30.3 Å². The third-order valence-electron chi connectivity index (χ3n) is 4.72. The number of hydrogen-bond acceptors (Lipinski definition) is 8. The van der Waals surface area contributed by atoms with Crippen LogP contribution in [0.25, 0.3) is 11.3 Å². The summed E-state index contributed by atoms with van der Waals surface area (Å²) in [6.45, 7) is 1.56. The van der Waals surface area contributed by atoms with Gasteiger partial charge < -0.3 is 14.7 Å². The summed E-state index contributed by atoms with van der Waals surface area (Å²) in [5, 5.41) is 10.7. The summed E-state index contributed by atoms with van der Waals surface area (Å²) in [6.07, 6.45) is 4.48. The molecule has 9 nitrogen and oxygen atoms in total. The van der Waals surface area contributed by atoms with E-state index in [0.29, 0.717) is 17.5 Å². The lowest BCUT2D eigenvalue weighted by atomic mass is 9.85. The van der Waals surface area contributed by atoms with Crippen molar-refractivity contribution in [2.24, 2.45) is 5.73 Å². The van der Waals surface area contributed by atoms with Crippen LogP contribution in [0, 0.1) is 0 Å². The largest absolute Gasteiger partial charge is 0.424 e. The number of primary amides is 1. The highest BCUT2D eigenvalue weighted by Crippen LogP contribution is 2.36. The number of rotatable bonds is 5. The molecule has 1 unspecified atom stereocenters. The first-order valence-corrected chi connectivity index (χ1v) is 11.0. The summed E-state index contributed by atoms with van der Waals surface area (Å²) in [6, 6.07) is 10.9. The lowest BCUT2D eigenvalue weighted by Gasteiger charge is -2.20. The second-order valence-electron chi connectivity index (χ2n) is 6.88. The zero-order valence-corrected chi connectivity index (χ0v) is 16.9. The molecule has 2 N–H and O–H groups in total. The number of aromatic nitrogens is 3. The van der Waals surface area contributed by atoms with E-state index in [1.165, 1.54) is 18.7 Å². The molecule has 3 aromatic rings. The predicted octanol–water partition coefficient (Wildman–Crippen LogP) is 3.13. The molecule has 1 aliphatic carbocycles. The number of nitrogens with two attached hydrogens (primary N) is 1. The van der Waals surface area contributed by atoms with Crippen molar-refractivity contribution in [2.45, 2.75) is 37.4 Å². The van der Waals surface area contributed by atoms with Crippen molar-refractivity contribution < 1.29 is 23.6 Å². The molecule has 1 aromatic carbocycles. The van der Waals surface area contributed by atoms with Crippen LogP contribution in [0.3, 0.4) is 0 Å². The van der Waals surface area contributed by atoms with E-state index in [1.54, 1.807) is 6.92 Å².